The van der Waals surface area contributed by atoms with E-state index in [9.17, 15) is 4.79 Å². The van der Waals surface area contributed by atoms with Crippen LogP contribution in [0.3, 0.4) is 0 Å². The van der Waals surface area contributed by atoms with Crippen molar-refractivity contribution in [2.24, 2.45) is 7.05 Å². The first-order chi connectivity index (χ1) is 12.5. The van der Waals surface area contributed by atoms with Gasteiger partial charge in [0.25, 0.3) is 5.56 Å². The Hall–Kier alpha value is -3.14. The lowest BCUT2D eigenvalue weighted by Gasteiger charge is -2.11. The number of hydrogen-bond acceptors (Lipinski definition) is 2. The van der Waals surface area contributed by atoms with Gasteiger partial charge in [-0.2, -0.15) is 0 Å². The number of aryl methyl sites for hydroxylation is 2. The summed E-state index contributed by atoms with van der Waals surface area (Å²) in [6.45, 7) is 8.35. The Morgan fingerprint density at radius 1 is 1.23 bits per heavy atom. The van der Waals surface area contributed by atoms with E-state index in [1.54, 1.807) is 17.7 Å². The van der Waals surface area contributed by atoms with Gasteiger partial charge >= 0.3 is 0 Å². The third-order valence-electron chi connectivity index (χ3n) is 4.39. The first kappa shape index (κ1) is 17.7. The van der Waals surface area contributed by atoms with Gasteiger partial charge in [0.15, 0.2) is 0 Å². The van der Waals surface area contributed by atoms with E-state index in [0.717, 1.165) is 22.1 Å². The first-order valence-electron chi connectivity index (χ1n) is 8.62. The van der Waals surface area contributed by atoms with Crippen molar-refractivity contribution in [3.05, 3.63) is 87.4 Å². The van der Waals surface area contributed by atoms with Gasteiger partial charge in [0.1, 0.15) is 5.82 Å². The minimum absolute atomic E-state index is 0.00932. The van der Waals surface area contributed by atoms with E-state index in [-0.39, 0.29) is 5.56 Å². The highest BCUT2D eigenvalue weighted by atomic mass is 16.1. The number of pyridine rings is 1. The second kappa shape index (κ2) is 7.40. The van der Waals surface area contributed by atoms with Crippen LogP contribution in [0.15, 0.2) is 60.0 Å². The van der Waals surface area contributed by atoms with Crippen molar-refractivity contribution < 1.29 is 0 Å². The highest BCUT2D eigenvalue weighted by Crippen LogP contribution is 2.16. The molecule has 3 rings (SSSR count). The van der Waals surface area contributed by atoms with E-state index in [4.69, 9.17) is 4.98 Å². The molecule has 0 amide bonds. The summed E-state index contributed by atoms with van der Waals surface area (Å²) < 4.78 is 3.79. The highest BCUT2D eigenvalue weighted by molar-refractivity contribution is 5.57. The van der Waals surface area contributed by atoms with Gasteiger partial charge in [-0.05, 0) is 31.6 Å². The molecule has 0 aliphatic heterocycles. The van der Waals surface area contributed by atoms with Gasteiger partial charge in [-0.15, -0.1) is 0 Å². The quantitative estimate of drug-likeness (QED) is 0.728. The van der Waals surface area contributed by atoms with Crippen LogP contribution in [-0.2, 0) is 13.6 Å². The molecule has 0 aliphatic rings. The number of aromatic nitrogens is 3. The summed E-state index contributed by atoms with van der Waals surface area (Å²) in [6.07, 6.45) is 7.56. The number of benzene rings is 1. The topological polar surface area (TPSA) is 39.8 Å². The minimum Gasteiger partial charge on any atom is -0.320 e. The molecule has 0 N–H and O–H groups in total. The molecule has 132 valence electrons. The van der Waals surface area contributed by atoms with Gasteiger partial charge in [-0.25, -0.2) is 4.98 Å². The molecular weight excluding hydrogens is 322 g/mol. The molecule has 0 unspecified atom stereocenters. The predicted molar refractivity (Wildman–Crippen MR) is 107 cm³/mol. The smallest absolute Gasteiger partial charge is 0.253 e. The van der Waals surface area contributed by atoms with Crippen molar-refractivity contribution in [3.63, 3.8) is 0 Å². The lowest BCUT2D eigenvalue weighted by atomic mass is 10.2. The second-order valence-electron chi connectivity index (χ2n) is 6.30. The molecule has 2 heterocycles. The maximum atomic E-state index is 12.1. The Balaban J connectivity index is 2.30. The maximum absolute atomic E-state index is 12.1. The Morgan fingerprint density at radius 2 is 1.96 bits per heavy atom. The summed E-state index contributed by atoms with van der Waals surface area (Å²) in [4.78, 5) is 16.9. The Morgan fingerprint density at radius 3 is 2.58 bits per heavy atom. The van der Waals surface area contributed by atoms with Gasteiger partial charge in [-0.1, -0.05) is 49.1 Å². The Bertz CT molecular complexity index is 1090. The largest absolute Gasteiger partial charge is 0.320 e. The summed E-state index contributed by atoms with van der Waals surface area (Å²) in [5.74, 6) is 0.841. The number of allylic oxidation sites excluding steroid dienone is 1. The minimum atomic E-state index is 0.00932. The number of nitrogens with zero attached hydrogens (tertiary/aromatic N) is 3. The molecule has 0 aliphatic carbocycles. The average Bonchev–Trinajstić information content (AvgIpc) is 2.97. The summed E-state index contributed by atoms with van der Waals surface area (Å²) >= 11 is 0. The summed E-state index contributed by atoms with van der Waals surface area (Å²) in [7, 11) is 1.77. The van der Waals surface area contributed by atoms with Crippen molar-refractivity contribution in [2.75, 3.05) is 0 Å². The van der Waals surface area contributed by atoms with Gasteiger partial charge in [0.2, 0.25) is 0 Å². The zero-order valence-corrected chi connectivity index (χ0v) is 15.4. The van der Waals surface area contributed by atoms with Crippen LogP contribution >= 0.6 is 0 Å². The molecular formula is C22H23N3O. The van der Waals surface area contributed by atoms with E-state index < -0.39 is 0 Å². The van der Waals surface area contributed by atoms with Crippen LogP contribution in [0.5, 0.6) is 0 Å². The summed E-state index contributed by atoms with van der Waals surface area (Å²) in [5, 5.41) is 1.91. The second-order valence-corrected chi connectivity index (χ2v) is 6.30. The number of hydrogen-bond donors (Lipinski definition) is 0. The fourth-order valence-corrected chi connectivity index (χ4v) is 3.17. The SMILES string of the molecule is C=C/C=c1/nc(-c2cc(C)c(=O)n(C)c2)n(Cc2ccccc2)/c1=C/C. The van der Waals surface area contributed by atoms with Crippen molar-refractivity contribution in [3.8, 4) is 11.4 Å². The highest BCUT2D eigenvalue weighted by Gasteiger charge is 2.12. The van der Waals surface area contributed by atoms with Gasteiger partial charge < -0.3 is 9.13 Å². The zero-order chi connectivity index (χ0) is 18.7. The van der Waals surface area contributed by atoms with E-state index in [1.165, 1.54) is 5.56 Å². The van der Waals surface area contributed by atoms with Crippen LogP contribution in [0.2, 0.25) is 0 Å². The molecule has 0 spiro atoms. The van der Waals surface area contributed by atoms with Gasteiger partial charge in [-0.3, -0.25) is 4.79 Å². The van der Waals surface area contributed by atoms with Crippen LogP contribution in [0.1, 0.15) is 18.1 Å². The molecule has 0 atom stereocenters. The van der Waals surface area contributed by atoms with E-state index in [2.05, 4.69) is 29.4 Å². The standard InChI is InChI=1S/C22H23N3O/c1-5-10-19-20(6-2)25(14-17-11-8-7-9-12-17)21(23-19)18-13-16(3)22(26)24(4)15-18/h5-13,15H,1,14H2,2-4H3/b19-10+,20-6+. The van der Waals surface area contributed by atoms with Crippen LogP contribution < -0.4 is 16.3 Å². The van der Waals surface area contributed by atoms with Crippen molar-refractivity contribution in [2.45, 2.75) is 20.4 Å². The van der Waals surface area contributed by atoms with E-state index >= 15 is 0 Å². The van der Waals surface area contributed by atoms with Crippen LogP contribution in [0.4, 0.5) is 0 Å². The molecule has 26 heavy (non-hydrogen) atoms. The summed E-state index contributed by atoms with van der Waals surface area (Å²) in [6, 6.07) is 12.2. The van der Waals surface area contributed by atoms with E-state index in [1.807, 2.05) is 50.4 Å². The molecule has 2 aromatic heterocycles. The normalized spacial score (nSPS) is 12.6. The Labute approximate surface area is 153 Å². The van der Waals surface area contributed by atoms with Crippen LogP contribution in [-0.4, -0.2) is 14.1 Å². The molecule has 1 aromatic carbocycles. The third kappa shape index (κ3) is 3.31. The van der Waals surface area contributed by atoms with Gasteiger partial charge in [0, 0.05) is 30.9 Å². The zero-order valence-electron chi connectivity index (χ0n) is 15.4. The van der Waals surface area contributed by atoms with Crippen molar-refractivity contribution in [1.29, 1.82) is 0 Å². The molecule has 3 aromatic rings. The van der Waals surface area contributed by atoms with Crippen LogP contribution in [0, 0.1) is 6.92 Å². The fourth-order valence-electron chi connectivity index (χ4n) is 3.17. The lowest BCUT2D eigenvalue weighted by Crippen LogP contribution is -2.30. The monoisotopic (exact) mass is 345 g/mol. The molecule has 0 saturated carbocycles. The third-order valence-corrected chi connectivity index (χ3v) is 4.39. The molecule has 0 radical (unpaired) electrons. The number of imidazole rings is 1. The molecule has 0 fully saturated rings. The van der Waals surface area contributed by atoms with E-state index in [0.29, 0.717) is 12.1 Å². The fraction of sp³-hybridized carbons (Fsp3) is 0.182. The Kier molecular flexibility index (Phi) is 5.03. The van der Waals surface area contributed by atoms with Crippen LogP contribution in [0.25, 0.3) is 23.5 Å². The molecule has 4 nitrogen and oxygen atoms in total. The summed E-state index contributed by atoms with van der Waals surface area (Å²) in [5.41, 5.74) is 2.83. The van der Waals surface area contributed by atoms with Gasteiger partial charge in [0.05, 0.1) is 10.7 Å². The average molecular weight is 345 g/mol. The molecule has 0 saturated heterocycles. The predicted octanol–water partition coefficient (Wildman–Crippen LogP) is 2.37. The maximum Gasteiger partial charge on any atom is 0.253 e. The molecule has 0 bridgehead atoms. The van der Waals surface area contributed by atoms with Crippen molar-refractivity contribution >= 4 is 12.2 Å². The first-order valence-corrected chi connectivity index (χ1v) is 8.62. The van der Waals surface area contributed by atoms with Crippen molar-refractivity contribution in [1.82, 2.24) is 14.1 Å². The lowest BCUT2D eigenvalue weighted by molar-refractivity contribution is 0.776. The molecule has 4 heteroatoms. The number of rotatable bonds is 4.